The monoisotopic (exact) mass is 407 g/mol. The van der Waals surface area contributed by atoms with Gasteiger partial charge in [0, 0.05) is 35.9 Å². The highest BCUT2D eigenvalue weighted by atomic mass is 32.2. The molecule has 1 aromatic heterocycles. The van der Waals surface area contributed by atoms with E-state index in [2.05, 4.69) is 4.72 Å². The Hall–Kier alpha value is -1.77. The van der Waals surface area contributed by atoms with E-state index in [1.54, 1.807) is 11.3 Å². The molecular formula is C19H25N3O3S2. The number of carbonyl (C=O) groups excluding carboxylic acids is 1. The van der Waals surface area contributed by atoms with E-state index < -0.39 is 10.0 Å². The minimum absolute atomic E-state index is 0.0521. The third-order valence-corrected chi connectivity index (χ3v) is 6.35. The van der Waals surface area contributed by atoms with Crippen LogP contribution in [0.25, 0.3) is 10.6 Å². The van der Waals surface area contributed by atoms with E-state index in [1.165, 1.54) is 0 Å². The van der Waals surface area contributed by atoms with Crippen LogP contribution in [0.1, 0.15) is 26.0 Å². The Balaban J connectivity index is 1.83. The number of benzene rings is 1. The highest BCUT2D eigenvalue weighted by Gasteiger charge is 2.39. The third kappa shape index (κ3) is 4.94. The summed E-state index contributed by atoms with van der Waals surface area (Å²) in [6.07, 6.45) is 2.31. The topological polar surface area (TPSA) is 79.4 Å². The molecule has 2 aromatic rings. The number of likely N-dealkylation sites (tertiary alicyclic amines) is 1. The van der Waals surface area contributed by atoms with Crippen molar-refractivity contribution in [2.45, 2.75) is 38.8 Å². The molecule has 0 bridgehead atoms. The number of nitrogens with zero attached hydrogens (tertiary/aromatic N) is 2. The van der Waals surface area contributed by atoms with Crippen LogP contribution in [0.2, 0.25) is 0 Å². The van der Waals surface area contributed by atoms with E-state index in [-0.39, 0.29) is 23.9 Å². The first-order chi connectivity index (χ1) is 12.7. The fourth-order valence-electron chi connectivity index (χ4n) is 3.45. The largest absolute Gasteiger partial charge is 0.337 e. The number of rotatable bonds is 6. The summed E-state index contributed by atoms with van der Waals surface area (Å²) in [7, 11) is -3.35. The van der Waals surface area contributed by atoms with Crippen LogP contribution in [0.4, 0.5) is 0 Å². The van der Waals surface area contributed by atoms with Crippen molar-refractivity contribution in [1.82, 2.24) is 14.6 Å². The molecule has 27 heavy (non-hydrogen) atoms. The van der Waals surface area contributed by atoms with Crippen molar-refractivity contribution in [3.8, 4) is 10.6 Å². The Labute approximate surface area is 164 Å². The highest BCUT2D eigenvalue weighted by Crippen LogP contribution is 2.28. The van der Waals surface area contributed by atoms with E-state index in [1.807, 2.05) is 54.5 Å². The van der Waals surface area contributed by atoms with Gasteiger partial charge in [0.05, 0.1) is 18.0 Å². The number of thiazole rings is 1. The molecule has 2 heterocycles. The molecule has 3 rings (SSSR count). The predicted octanol–water partition coefficient (Wildman–Crippen LogP) is 2.53. The summed E-state index contributed by atoms with van der Waals surface area (Å²) in [5.41, 5.74) is 1.94. The number of hydrogen-bond donors (Lipinski definition) is 1. The minimum Gasteiger partial charge on any atom is -0.337 e. The van der Waals surface area contributed by atoms with Crippen LogP contribution >= 0.6 is 11.3 Å². The van der Waals surface area contributed by atoms with Crippen LogP contribution in [-0.2, 0) is 21.2 Å². The number of nitrogens with one attached hydrogen (secondary N) is 1. The van der Waals surface area contributed by atoms with Crippen molar-refractivity contribution >= 4 is 27.3 Å². The van der Waals surface area contributed by atoms with E-state index in [0.29, 0.717) is 19.4 Å². The molecule has 0 spiro atoms. The Morgan fingerprint density at radius 2 is 2.04 bits per heavy atom. The maximum Gasteiger partial charge on any atom is 0.225 e. The zero-order valence-electron chi connectivity index (χ0n) is 15.8. The van der Waals surface area contributed by atoms with Gasteiger partial charge in [-0.05, 0) is 6.42 Å². The second kappa shape index (κ2) is 8.08. The summed E-state index contributed by atoms with van der Waals surface area (Å²) in [6, 6.07) is 9.44. The second-order valence-corrected chi connectivity index (χ2v) is 9.89. The van der Waals surface area contributed by atoms with E-state index in [9.17, 15) is 13.2 Å². The van der Waals surface area contributed by atoms with Crippen molar-refractivity contribution in [3.05, 3.63) is 41.4 Å². The fraction of sp³-hybridized carbons (Fsp3) is 0.474. The highest BCUT2D eigenvalue weighted by molar-refractivity contribution is 7.88. The minimum atomic E-state index is -3.35. The van der Waals surface area contributed by atoms with Crippen molar-refractivity contribution < 1.29 is 13.2 Å². The van der Waals surface area contributed by atoms with Gasteiger partial charge in [0.1, 0.15) is 5.01 Å². The quantitative estimate of drug-likeness (QED) is 0.798. The molecule has 0 unspecified atom stereocenters. The smallest absolute Gasteiger partial charge is 0.225 e. The van der Waals surface area contributed by atoms with Gasteiger partial charge in [-0.2, -0.15) is 0 Å². The summed E-state index contributed by atoms with van der Waals surface area (Å²) in [5.74, 6) is -0.0730. The van der Waals surface area contributed by atoms with Gasteiger partial charge in [0.2, 0.25) is 15.9 Å². The molecule has 1 aromatic carbocycles. The lowest BCUT2D eigenvalue weighted by Crippen LogP contribution is -2.48. The molecule has 1 amide bonds. The van der Waals surface area contributed by atoms with E-state index >= 15 is 0 Å². The molecule has 0 saturated carbocycles. The second-order valence-electron chi connectivity index (χ2n) is 7.25. The first kappa shape index (κ1) is 20.0. The first-order valence-electron chi connectivity index (χ1n) is 9.02. The number of aromatic nitrogens is 1. The average Bonchev–Trinajstić information content (AvgIpc) is 3.22. The van der Waals surface area contributed by atoms with Crippen LogP contribution in [0.5, 0.6) is 0 Å². The van der Waals surface area contributed by atoms with Crippen LogP contribution in [0, 0.1) is 5.92 Å². The Morgan fingerprint density at radius 1 is 1.33 bits per heavy atom. The van der Waals surface area contributed by atoms with E-state index in [0.717, 1.165) is 22.5 Å². The normalized spacial score (nSPS) is 20.4. The number of sulfonamides is 1. The van der Waals surface area contributed by atoms with Crippen molar-refractivity contribution in [2.24, 2.45) is 5.92 Å². The van der Waals surface area contributed by atoms with Crippen LogP contribution in [0.15, 0.2) is 35.7 Å². The molecule has 1 saturated heterocycles. The Morgan fingerprint density at radius 3 is 2.67 bits per heavy atom. The van der Waals surface area contributed by atoms with Gasteiger partial charge in [0.15, 0.2) is 0 Å². The van der Waals surface area contributed by atoms with Gasteiger partial charge in [-0.3, -0.25) is 4.79 Å². The van der Waals surface area contributed by atoms with Gasteiger partial charge in [0.25, 0.3) is 0 Å². The van der Waals surface area contributed by atoms with Crippen molar-refractivity contribution in [1.29, 1.82) is 0 Å². The summed E-state index contributed by atoms with van der Waals surface area (Å²) in [5, 5.41) is 2.92. The molecule has 8 heteroatoms. The number of carbonyl (C=O) groups is 1. The number of amides is 1. The van der Waals surface area contributed by atoms with Gasteiger partial charge in [-0.15, -0.1) is 11.3 Å². The van der Waals surface area contributed by atoms with Crippen LogP contribution in [-0.4, -0.2) is 49.1 Å². The molecule has 1 N–H and O–H groups in total. The summed E-state index contributed by atoms with van der Waals surface area (Å²) in [6.45, 7) is 4.30. The first-order valence-corrected chi connectivity index (χ1v) is 11.8. The lowest BCUT2D eigenvalue weighted by molar-refractivity contribution is -0.135. The average molecular weight is 408 g/mol. The van der Waals surface area contributed by atoms with Crippen molar-refractivity contribution in [3.63, 3.8) is 0 Å². The zero-order chi connectivity index (χ0) is 19.6. The Bertz CT molecular complexity index is 894. The maximum absolute atomic E-state index is 12.6. The van der Waals surface area contributed by atoms with Gasteiger partial charge < -0.3 is 4.90 Å². The van der Waals surface area contributed by atoms with Crippen LogP contribution in [0.3, 0.4) is 0 Å². The maximum atomic E-state index is 12.6. The van der Waals surface area contributed by atoms with Gasteiger partial charge >= 0.3 is 0 Å². The van der Waals surface area contributed by atoms with Gasteiger partial charge in [-0.1, -0.05) is 44.2 Å². The van der Waals surface area contributed by atoms with Gasteiger partial charge in [-0.25, -0.2) is 18.1 Å². The molecular weight excluding hydrogens is 382 g/mol. The van der Waals surface area contributed by atoms with Crippen molar-refractivity contribution in [2.75, 3.05) is 12.8 Å². The Kier molecular flexibility index (Phi) is 5.98. The molecule has 146 valence electrons. The molecule has 0 radical (unpaired) electrons. The lowest BCUT2D eigenvalue weighted by Gasteiger charge is -2.29. The lowest BCUT2D eigenvalue weighted by atomic mass is 10.0. The molecule has 1 fully saturated rings. The van der Waals surface area contributed by atoms with E-state index in [4.69, 9.17) is 4.98 Å². The zero-order valence-corrected chi connectivity index (χ0v) is 17.4. The third-order valence-electron chi connectivity index (χ3n) is 4.68. The summed E-state index contributed by atoms with van der Waals surface area (Å²) in [4.78, 5) is 19.1. The van der Waals surface area contributed by atoms with Crippen LogP contribution < -0.4 is 4.72 Å². The SMILES string of the molecule is CC(C)C(=O)N1CC[C@H](NS(C)(=O)=O)[C@@H]1Cc1csc(-c2ccccc2)n1. The predicted molar refractivity (Wildman–Crippen MR) is 108 cm³/mol. The molecule has 2 atom stereocenters. The molecule has 6 nitrogen and oxygen atoms in total. The fourth-order valence-corrected chi connectivity index (χ4v) is 5.12. The molecule has 1 aliphatic heterocycles. The standard InChI is InChI=1S/C19H25N3O3S2/c1-13(2)19(23)22-10-9-16(21-27(3,24)25)17(22)11-15-12-26-18(20-15)14-7-5-4-6-8-14/h4-8,12-13,16-17,21H,9-11H2,1-3H3/t16-,17-/m0/s1. The molecule has 1 aliphatic rings. The summed E-state index contributed by atoms with van der Waals surface area (Å²) < 4.78 is 26.2. The number of hydrogen-bond acceptors (Lipinski definition) is 5. The summed E-state index contributed by atoms with van der Waals surface area (Å²) >= 11 is 1.56. The molecule has 0 aliphatic carbocycles.